The second-order valence-electron chi connectivity index (χ2n) is 19.4. The molecule has 0 saturated carbocycles. The largest absolute Gasteiger partial charge is 0.507 e. The number of carbonyl (C=O) groups is 3. The first kappa shape index (κ1) is 52.1. The molecule has 9 atom stereocenters. The van der Waals surface area contributed by atoms with E-state index in [1.807, 2.05) is 4.90 Å². The van der Waals surface area contributed by atoms with Crippen molar-refractivity contribution in [1.82, 2.24) is 10.3 Å². The van der Waals surface area contributed by atoms with E-state index >= 15 is 0 Å². The van der Waals surface area contributed by atoms with E-state index in [2.05, 4.69) is 10.6 Å². The molecule has 4 bridgehead atoms. The van der Waals surface area contributed by atoms with Crippen LogP contribution in [0, 0.1) is 30.6 Å². The van der Waals surface area contributed by atoms with E-state index in [1.165, 1.54) is 59.3 Å². The average Bonchev–Trinajstić information content (AvgIpc) is 3.58. The molecule has 4 heterocycles. The first-order valence-electron chi connectivity index (χ1n) is 23.8. The van der Waals surface area contributed by atoms with Gasteiger partial charge in [0.25, 0.3) is 5.91 Å². The summed E-state index contributed by atoms with van der Waals surface area (Å²) in [6.07, 6.45) is 3.71. The number of hydrogen-bond donors (Lipinski definition) is 6. The third kappa shape index (κ3) is 10.1. The van der Waals surface area contributed by atoms with E-state index in [0.29, 0.717) is 31.6 Å². The van der Waals surface area contributed by atoms with Gasteiger partial charge in [-0.3, -0.25) is 19.2 Å². The van der Waals surface area contributed by atoms with Gasteiger partial charge >= 0.3 is 17.8 Å². The number of carbonyl (C=O) groups excluding carboxylic acids is 3. The van der Waals surface area contributed by atoms with Crippen molar-refractivity contribution in [3.05, 3.63) is 79.5 Å². The fraction of sp³-hybridized carbons (Fsp3) is 0.500. The quantitative estimate of drug-likeness (QED) is 0.0800. The molecule has 71 heavy (non-hydrogen) atoms. The molecule has 0 aliphatic carbocycles. The number of fused-ring (bicyclic) bond motifs is 2. The van der Waals surface area contributed by atoms with Gasteiger partial charge in [-0.25, -0.2) is 9.78 Å². The zero-order chi connectivity index (χ0) is 52.0. The Hall–Kier alpha value is -6.70. The van der Waals surface area contributed by atoms with Gasteiger partial charge in [-0.2, -0.15) is 0 Å². The summed E-state index contributed by atoms with van der Waals surface area (Å²) < 4.78 is 35.7. The van der Waals surface area contributed by atoms with Crippen molar-refractivity contribution >= 4 is 68.1 Å². The highest BCUT2D eigenvalue weighted by molar-refractivity contribution is 6.17. The van der Waals surface area contributed by atoms with Crippen LogP contribution in [0.4, 0.5) is 16.2 Å². The zero-order valence-corrected chi connectivity index (χ0v) is 41.8. The van der Waals surface area contributed by atoms with Crippen LogP contribution in [-0.2, 0) is 28.5 Å². The molecule has 1 saturated heterocycles. The summed E-state index contributed by atoms with van der Waals surface area (Å²) in [5.41, 5.74) is -1.90. The van der Waals surface area contributed by atoms with Crippen LogP contribution in [0.5, 0.6) is 11.5 Å². The van der Waals surface area contributed by atoms with Crippen molar-refractivity contribution in [3.63, 3.8) is 0 Å². The highest BCUT2D eigenvalue weighted by Crippen LogP contribution is 2.42. The van der Waals surface area contributed by atoms with E-state index in [0.717, 1.165) is 0 Å². The molecule has 4 aromatic rings. The Morgan fingerprint density at radius 3 is 2.30 bits per heavy atom. The number of ether oxygens (including phenoxy) is 5. The number of anilines is 2. The smallest absolute Gasteiger partial charge is 0.407 e. The number of nitrogens with one attached hydrogen (secondary N) is 2. The molecule has 0 spiro atoms. The molecule has 7 rings (SSSR count). The lowest BCUT2D eigenvalue weighted by Crippen LogP contribution is -2.46. The molecule has 2 amide bonds. The number of amides is 2. The molecule has 382 valence electrons. The second kappa shape index (κ2) is 20.6. The molecular formula is C52H64N4O15. The Labute approximate surface area is 409 Å². The van der Waals surface area contributed by atoms with Gasteiger partial charge in [0, 0.05) is 98.1 Å². The van der Waals surface area contributed by atoms with Crippen LogP contribution in [0.25, 0.3) is 38.7 Å². The van der Waals surface area contributed by atoms with Gasteiger partial charge in [0.2, 0.25) is 10.9 Å². The van der Waals surface area contributed by atoms with E-state index < -0.39 is 99.9 Å². The molecule has 0 unspecified atom stereocenters. The molecule has 19 heteroatoms. The molecule has 6 N–H and O–H groups in total. The van der Waals surface area contributed by atoms with E-state index in [-0.39, 0.29) is 67.2 Å². The van der Waals surface area contributed by atoms with Crippen molar-refractivity contribution in [2.45, 2.75) is 124 Å². The van der Waals surface area contributed by atoms with Gasteiger partial charge in [-0.15, -0.1) is 0 Å². The van der Waals surface area contributed by atoms with Crippen molar-refractivity contribution in [2.24, 2.45) is 23.7 Å². The number of hydrogen-bond acceptors (Lipinski definition) is 17. The molecule has 3 aromatic carbocycles. The summed E-state index contributed by atoms with van der Waals surface area (Å²) in [6.45, 7) is 16.9. The predicted molar refractivity (Wildman–Crippen MR) is 265 cm³/mol. The highest BCUT2D eigenvalue weighted by Gasteiger charge is 2.44. The maximum absolute atomic E-state index is 14.9. The number of aliphatic hydroxyl groups excluding tert-OH is 3. The summed E-state index contributed by atoms with van der Waals surface area (Å²) in [4.78, 5) is 74.5. The summed E-state index contributed by atoms with van der Waals surface area (Å²) in [6, 6.07) is 2.84. The van der Waals surface area contributed by atoms with Crippen LogP contribution in [0.15, 0.2) is 62.3 Å². The number of methoxy groups -OCH3 is 1. The van der Waals surface area contributed by atoms with Gasteiger partial charge in [-0.05, 0) is 46.6 Å². The summed E-state index contributed by atoms with van der Waals surface area (Å²) in [7, 11) is 1.43. The van der Waals surface area contributed by atoms with Gasteiger partial charge in [-0.1, -0.05) is 45.9 Å². The predicted octanol–water partition coefficient (Wildman–Crippen LogP) is 5.66. The lowest BCUT2D eigenvalue weighted by molar-refractivity contribution is -0.160. The topological polar surface area (TPSA) is 266 Å². The minimum absolute atomic E-state index is 0.0316. The van der Waals surface area contributed by atoms with Crippen molar-refractivity contribution in [2.75, 3.05) is 30.4 Å². The number of phenols is 1. The number of alkyl carbamates (subject to hydrolysis) is 1. The first-order valence-corrected chi connectivity index (χ1v) is 23.8. The number of phenolic OH excluding ortho intramolecular Hbond substituents is 1. The molecule has 3 aliphatic rings. The molecular weight excluding hydrogens is 921 g/mol. The second-order valence-corrected chi connectivity index (χ2v) is 19.4. The highest BCUT2D eigenvalue weighted by atomic mass is 16.7. The van der Waals surface area contributed by atoms with Crippen molar-refractivity contribution < 1.29 is 62.9 Å². The molecule has 1 aromatic heterocycles. The van der Waals surface area contributed by atoms with E-state index in [1.54, 1.807) is 59.8 Å². The Balaban J connectivity index is 1.42. The van der Waals surface area contributed by atoms with E-state index in [9.17, 15) is 44.4 Å². The van der Waals surface area contributed by atoms with Crippen LogP contribution in [0.3, 0.4) is 0 Å². The van der Waals surface area contributed by atoms with Gasteiger partial charge in [0.15, 0.2) is 22.4 Å². The Morgan fingerprint density at radius 1 is 0.958 bits per heavy atom. The third-order valence-corrected chi connectivity index (χ3v) is 13.9. The average molecular weight is 985 g/mol. The van der Waals surface area contributed by atoms with Crippen molar-refractivity contribution in [1.29, 1.82) is 0 Å². The van der Waals surface area contributed by atoms with Crippen LogP contribution in [0.2, 0.25) is 0 Å². The van der Waals surface area contributed by atoms with Crippen molar-refractivity contribution in [3.8, 4) is 11.5 Å². The minimum atomic E-state index is -2.01. The SMILES string of the molecule is CO[C@H]1/C=C/O[C@@]2(C)Oc3c(C)c(O)c4c(=O)c(c5oc6cc(N7CCC(NC(=O)OC(C)C)CC7)cc(=O)c6nc5c4c3=C2O)NC(=O)/C(C)=C\C=C\[C@H](C)[C@H](O)[C@@H](C)[C@@H](O)[C@@H](C)[C@H](OC(C)=O)[C@@H]1C. The monoisotopic (exact) mass is 984 g/mol. The molecule has 3 aliphatic heterocycles. The number of aromatic nitrogens is 1. The van der Waals surface area contributed by atoms with Crippen LogP contribution < -0.4 is 36.3 Å². The molecule has 0 radical (unpaired) electrons. The maximum atomic E-state index is 14.9. The fourth-order valence-electron chi connectivity index (χ4n) is 9.76. The number of esters is 1. The normalized spacial score (nSPS) is 28.6. The Kier molecular flexibility index (Phi) is 15.1. The molecule has 19 nitrogen and oxygen atoms in total. The number of aromatic hydroxyl groups is 1. The third-order valence-electron chi connectivity index (χ3n) is 13.9. The summed E-state index contributed by atoms with van der Waals surface area (Å²) in [5, 5.41) is 52.1. The van der Waals surface area contributed by atoms with Gasteiger partial charge < -0.3 is 64.1 Å². The van der Waals surface area contributed by atoms with Crippen LogP contribution in [0.1, 0.15) is 80.7 Å². The standard InChI is InChI=1S/C52H64N4O15/c1-23(2)68-51(65)53-31-15-18-56(19-16-31)32-21-33(58)39-35(22-32)70-48-40(54-39)36-37-44(61)29(8)47-38(36)49(63)52(10,71-47)67-20-17-34(66-11)26(5)46(69-30(9)57)28(7)43(60)27(6)42(59)24(3)13-12-14-25(4)50(64)55-41(48)45(37)62/h12-14,17,20-24,26-28,31,34,42-43,46,59-61,63H,15-16,18-19H2,1-11H3,(H,53,65)(H,55,64)/b13-12+,20-17+,25-14-/t24-,26+,27+,28+,34-,42-,43+,46+,52-/m0/s1. The summed E-state index contributed by atoms with van der Waals surface area (Å²) in [5.74, 6) is -7.16. The number of rotatable bonds is 5. The van der Waals surface area contributed by atoms with Gasteiger partial charge in [0.05, 0.1) is 41.3 Å². The number of allylic oxidation sites excluding steroid dienone is 2. The lowest BCUT2D eigenvalue weighted by Gasteiger charge is -2.38. The number of piperidine rings is 1. The lowest BCUT2D eigenvalue weighted by atomic mass is 9.78. The first-order chi connectivity index (χ1) is 33.5. The van der Waals surface area contributed by atoms with Crippen LogP contribution >= 0.6 is 0 Å². The zero-order valence-electron chi connectivity index (χ0n) is 41.8. The fourth-order valence-corrected chi connectivity index (χ4v) is 9.76. The maximum Gasteiger partial charge on any atom is 0.407 e. The number of benzene rings is 3. The van der Waals surface area contributed by atoms with E-state index in [4.69, 9.17) is 33.1 Å². The summed E-state index contributed by atoms with van der Waals surface area (Å²) >= 11 is 0. The van der Waals surface area contributed by atoms with Gasteiger partial charge in [0.1, 0.15) is 28.8 Å². The number of aliphatic hydroxyl groups is 3. The minimum Gasteiger partial charge on any atom is -0.507 e. The van der Waals surface area contributed by atoms with Crippen LogP contribution in [-0.4, -0.2) is 106 Å². The number of nitrogens with zero attached hydrogens (tertiary/aromatic N) is 2. The Bertz CT molecular complexity index is 3030. The Morgan fingerprint density at radius 2 is 1.65 bits per heavy atom. The molecule has 1 fully saturated rings.